The Balaban J connectivity index is 2.39. The predicted octanol–water partition coefficient (Wildman–Crippen LogP) is 2.71. The topological polar surface area (TPSA) is 105 Å². The number of rotatable bonds is 4. The number of nitrogens with one attached hydrogen (secondary N) is 1. The van der Waals surface area contributed by atoms with Crippen molar-refractivity contribution < 1.29 is 23.6 Å². The summed E-state index contributed by atoms with van der Waals surface area (Å²) in [6, 6.07) is 3.61. The van der Waals surface area contributed by atoms with Crippen molar-refractivity contribution in [3.05, 3.63) is 57.8 Å². The number of anilines is 2. The summed E-state index contributed by atoms with van der Waals surface area (Å²) in [4.78, 5) is 24.4. The molecule has 0 atom stereocenters. The van der Waals surface area contributed by atoms with Crippen LogP contribution in [-0.2, 0) is 0 Å². The molecule has 0 unspecified atom stereocenters. The highest BCUT2D eigenvalue weighted by Crippen LogP contribution is 2.24. The first kappa shape index (κ1) is 14.3. The van der Waals surface area contributed by atoms with Crippen LogP contribution in [-0.4, -0.2) is 21.0 Å². The molecular formula is C12H7F2N3O4. The van der Waals surface area contributed by atoms with Gasteiger partial charge >= 0.3 is 11.7 Å². The van der Waals surface area contributed by atoms with Crippen LogP contribution in [0, 0.1) is 21.7 Å². The fraction of sp³-hybridized carbons (Fsp3) is 0. The molecule has 21 heavy (non-hydrogen) atoms. The highest BCUT2D eigenvalue weighted by Gasteiger charge is 2.21. The second kappa shape index (κ2) is 5.49. The Hall–Kier alpha value is -3.10. The van der Waals surface area contributed by atoms with Crippen molar-refractivity contribution >= 4 is 23.2 Å². The molecule has 0 aliphatic rings. The fourth-order valence-electron chi connectivity index (χ4n) is 1.56. The summed E-state index contributed by atoms with van der Waals surface area (Å²) in [5, 5.41) is 22.0. The molecule has 2 rings (SSSR count). The van der Waals surface area contributed by atoms with Gasteiger partial charge in [0.25, 0.3) is 0 Å². The van der Waals surface area contributed by atoms with Crippen LogP contribution in [0.3, 0.4) is 0 Å². The van der Waals surface area contributed by atoms with Crippen LogP contribution in [0.25, 0.3) is 0 Å². The number of carbonyl (C=O) groups is 1. The minimum absolute atomic E-state index is 0.122. The van der Waals surface area contributed by atoms with Gasteiger partial charge in [-0.25, -0.2) is 18.6 Å². The van der Waals surface area contributed by atoms with E-state index in [1.807, 2.05) is 0 Å². The third-order valence-corrected chi connectivity index (χ3v) is 2.50. The lowest BCUT2D eigenvalue weighted by Crippen LogP contribution is -2.05. The van der Waals surface area contributed by atoms with Gasteiger partial charge in [0.1, 0.15) is 29.2 Å². The molecule has 0 spiro atoms. The Labute approximate surface area is 116 Å². The van der Waals surface area contributed by atoms with E-state index in [4.69, 9.17) is 5.11 Å². The van der Waals surface area contributed by atoms with Crippen molar-refractivity contribution in [3.8, 4) is 0 Å². The van der Waals surface area contributed by atoms with E-state index >= 15 is 0 Å². The second-order valence-electron chi connectivity index (χ2n) is 3.90. The maximum absolute atomic E-state index is 13.4. The van der Waals surface area contributed by atoms with Crippen LogP contribution in [0.2, 0.25) is 0 Å². The summed E-state index contributed by atoms with van der Waals surface area (Å²) >= 11 is 0. The van der Waals surface area contributed by atoms with Gasteiger partial charge < -0.3 is 10.4 Å². The van der Waals surface area contributed by atoms with Crippen LogP contribution in [0.15, 0.2) is 30.5 Å². The molecule has 9 heteroatoms. The van der Waals surface area contributed by atoms with Crippen LogP contribution in [0.5, 0.6) is 0 Å². The SMILES string of the molecule is O=C(O)c1cc(Nc2ccc(F)cc2F)ncc1[N+](=O)[O-]. The maximum Gasteiger partial charge on any atom is 0.342 e. The van der Waals surface area contributed by atoms with Crippen molar-refractivity contribution in [1.29, 1.82) is 0 Å². The number of carboxylic acid groups (broad SMARTS) is 1. The van der Waals surface area contributed by atoms with Gasteiger partial charge in [0, 0.05) is 12.1 Å². The van der Waals surface area contributed by atoms with E-state index in [1.54, 1.807) is 0 Å². The molecule has 0 aliphatic heterocycles. The summed E-state index contributed by atoms with van der Waals surface area (Å²) in [7, 11) is 0. The molecular weight excluding hydrogens is 288 g/mol. The van der Waals surface area contributed by atoms with Gasteiger partial charge in [0.2, 0.25) is 0 Å². The first-order chi connectivity index (χ1) is 9.88. The Morgan fingerprint density at radius 2 is 2.05 bits per heavy atom. The number of aromatic carboxylic acids is 1. The predicted molar refractivity (Wildman–Crippen MR) is 67.5 cm³/mol. The quantitative estimate of drug-likeness (QED) is 0.663. The molecule has 7 nitrogen and oxygen atoms in total. The Kier molecular flexibility index (Phi) is 3.74. The molecule has 0 radical (unpaired) electrons. The number of pyridine rings is 1. The first-order valence-corrected chi connectivity index (χ1v) is 5.48. The molecule has 2 aromatic rings. The molecule has 0 aliphatic carbocycles. The molecule has 0 fully saturated rings. The minimum atomic E-state index is -1.52. The number of benzene rings is 1. The molecule has 0 saturated heterocycles. The van der Waals surface area contributed by atoms with Gasteiger partial charge in [-0.3, -0.25) is 10.1 Å². The lowest BCUT2D eigenvalue weighted by atomic mass is 10.2. The first-order valence-electron chi connectivity index (χ1n) is 5.48. The monoisotopic (exact) mass is 295 g/mol. The van der Waals surface area contributed by atoms with Crippen molar-refractivity contribution in [2.75, 3.05) is 5.32 Å². The molecule has 1 aromatic heterocycles. The van der Waals surface area contributed by atoms with E-state index in [0.29, 0.717) is 6.07 Å². The van der Waals surface area contributed by atoms with Crippen LogP contribution >= 0.6 is 0 Å². The van der Waals surface area contributed by atoms with E-state index in [-0.39, 0.29) is 11.5 Å². The van der Waals surface area contributed by atoms with Crippen LogP contribution in [0.1, 0.15) is 10.4 Å². The summed E-state index contributed by atoms with van der Waals surface area (Å²) in [5.41, 5.74) is -1.43. The van der Waals surface area contributed by atoms with Crippen molar-refractivity contribution in [2.24, 2.45) is 0 Å². The van der Waals surface area contributed by atoms with Crippen molar-refractivity contribution in [2.45, 2.75) is 0 Å². The normalized spacial score (nSPS) is 10.2. The average Bonchev–Trinajstić information content (AvgIpc) is 2.41. The number of aromatic nitrogens is 1. The van der Waals surface area contributed by atoms with E-state index in [0.717, 1.165) is 24.4 Å². The standard InChI is InChI=1S/C12H7F2N3O4/c13-6-1-2-9(8(14)3-6)16-11-4-7(12(18)19)10(5-15-11)17(20)21/h1-5H,(H,15,16)(H,18,19). The van der Waals surface area contributed by atoms with Gasteiger partial charge in [0.05, 0.1) is 10.6 Å². The zero-order valence-corrected chi connectivity index (χ0v) is 10.2. The zero-order chi connectivity index (χ0) is 15.6. The largest absolute Gasteiger partial charge is 0.477 e. The third kappa shape index (κ3) is 3.08. The van der Waals surface area contributed by atoms with E-state index in [1.165, 1.54) is 0 Å². The van der Waals surface area contributed by atoms with Gasteiger partial charge in [-0.1, -0.05) is 0 Å². The number of nitrogens with zero attached hydrogens (tertiary/aromatic N) is 2. The Bertz CT molecular complexity index is 736. The van der Waals surface area contributed by atoms with E-state index in [9.17, 15) is 23.7 Å². The molecule has 0 saturated carbocycles. The summed E-state index contributed by atoms with van der Waals surface area (Å²) in [5.74, 6) is -3.33. The molecule has 108 valence electrons. The highest BCUT2D eigenvalue weighted by atomic mass is 19.1. The molecule has 2 N–H and O–H groups in total. The van der Waals surface area contributed by atoms with E-state index in [2.05, 4.69) is 10.3 Å². The molecule has 1 aromatic carbocycles. The van der Waals surface area contributed by atoms with Crippen molar-refractivity contribution in [3.63, 3.8) is 0 Å². The molecule has 0 bridgehead atoms. The molecule has 0 amide bonds. The van der Waals surface area contributed by atoms with Gasteiger partial charge in [0.15, 0.2) is 0 Å². The Morgan fingerprint density at radius 1 is 1.33 bits per heavy atom. The van der Waals surface area contributed by atoms with Crippen molar-refractivity contribution in [1.82, 2.24) is 4.98 Å². The number of carboxylic acids is 1. The number of nitro groups is 1. The zero-order valence-electron chi connectivity index (χ0n) is 10.2. The third-order valence-electron chi connectivity index (χ3n) is 2.50. The lowest BCUT2D eigenvalue weighted by molar-refractivity contribution is -0.385. The van der Waals surface area contributed by atoms with E-state index < -0.39 is 33.8 Å². The van der Waals surface area contributed by atoms with Gasteiger partial charge in [-0.15, -0.1) is 0 Å². The van der Waals surface area contributed by atoms with Crippen LogP contribution in [0.4, 0.5) is 26.0 Å². The average molecular weight is 295 g/mol. The van der Waals surface area contributed by atoms with Gasteiger partial charge in [-0.05, 0) is 12.1 Å². The number of hydrogen-bond acceptors (Lipinski definition) is 5. The summed E-state index contributed by atoms with van der Waals surface area (Å²) < 4.78 is 26.2. The number of hydrogen-bond donors (Lipinski definition) is 2. The fourth-order valence-corrected chi connectivity index (χ4v) is 1.56. The summed E-state index contributed by atoms with van der Waals surface area (Å²) in [6.07, 6.45) is 0.743. The summed E-state index contributed by atoms with van der Waals surface area (Å²) in [6.45, 7) is 0. The minimum Gasteiger partial charge on any atom is -0.477 e. The smallest absolute Gasteiger partial charge is 0.342 e. The number of halogens is 2. The highest BCUT2D eigenvalue weighted by molar-refractivity contribution is 5.93. The van der Waals surface area contributed by atoms with Crippen LogP contribution < -0.4 is 5.32 Å². The lowest BCUT2D eigenvalue weighted by Gasteiger charge is -2.07. The Morgan fingerprint density at radius 3 is 2.62 bits per heavy atom. The maximum atomic E-state index is 13.4. The second-order valence-corrected chi connectivity index (χ2v) is 3.90. The molecule has 1 heterocycles. The van der Waals surface area contributed by atoms with Gasteiger partial charge in [-0.2, -0.15) is 0 Å².